The molecule has 2 aromatic heterocycles. The van der Waals surface area contributed by atoms with Crippen molar-refractivity contribution in [1.82, 2.24) is 10.3 Å². The van der Waals surface area contributed by atoms with Crippen molar-refractivity contribution in [2.45, 2.75) is 13.0 Å². The number of hydrogen-bond acceptors (Lipinski definition) is 4. The van der Waals surface area contributed by atoms with E-state index in [4.69, 9.17) is 4.42 Å². The Labute approximate surface area is 140 Å². The summed E-state index contributed by atoms with van der Waals surface area (Å²) in [6.45, 7) is 1.17. The molecule has 0 saturated heterocycles. The SMILES string of the molecule is O=C(NCCc1ccccc1)c1ccc(NCc2ccco2)cn1. The van der Waals surface area contributed by atoms with Crippen LogP contribution in [0.4, 0.5) is 5.69 Å². The molecule has 0 bridgehead atoms. The van der Waals surface area contributed by atoms with Gasteiger partial charge in [0.25, 0.3) is 5.91 Å². The zero-order valence-corrected chi connectivity index (χ0v) is 13.2. The molecule has 0 spiro atoms. The summed E-state index contributed by atoms with van der Waals surface area (Å²) in [5.74, 6) is 0.682. The summed E-state index contributed by atoms with van der Waals surface area (Å²) in [6.07, 6.45) is 4.09. The smallest absolute Gasteiger partial charge is 0.269 e. The van der Waals surface area contributed by atoms with Gasteiger partial charge in [0.05, 0.1) is 24.7 Å². The van der Waals surface area contributed by atoms with Crippen molar-refractivity contribution in [2.75, 3.05) is 11.9 Å². The van der Waals surface area contributed by atoms with Gasteiger partial charge in [-0.1, -0.05) is 30.3 Å². The molecule has 0 atom stereocenters. The minimum Gasteiger partial charge on any atom is -0.467 e. The van der Waals surface area contributed by atoms with E-state index in [0.717, 1.165) is 17.9 Å². The van der Waals surface area contributed by atoms with Gasteiger partial charge < -0.3 is 15.1 Å². The number of amides is 1. The number of rotatable bonds is 7. The van der Waals surface area contributed by atoms with Gasteiger partial charge in [0.2, 0.25) is 0 Å². The van der Waals surface area contributed by atoms with Gasteiger partial charge in [-0.25, -0.2) is 4.98 Å². The molecule has 3 rings (SSSR count). The van der Waals surface area contributed by atoms with Crippen LogP contribution in [-0.4, -0.2) is 17.4 Å². The number of nitrogens with zero attached hydrogens (tertiary/aromatic N) is 1. The Morgan fingerprint density at radius 2 is 1.92 bits per heavy atom. The summed E-state index contributed by atoms with van der Waals surface area (Å²) < 4.78 is 5.25. The number of hydrogen-bond donors (Lipinski definition) is 2. The highest BCUT2D eigenvalue weighted by atomic mass is 16.3. The summed E-state index contributed by atoms with van der Waals surface area (Å²) in [6, 6.07) is 17.3. The van der Waals surface area contributed by atoms with Crippen LogP contribution in [0.2, 0.25) is 0 Å². The first-order valence-electron chi connectivity index (χ1n) is 7.86. The molecule has 0 fully saturated rings. The Bertz CT molecular complexity index is 753. The van der Waals surface area contributed by atoms with Gasteiger partial charge in [-0.3, -0.25) is 4.79 Å². The number of furan rings is 1. The molecule has 24 heavy (non-hydrogen) atoms. The maximum absolute atomic E-state index is 12.1. The third-order valence-electron chi connectivity index (χ3n) is 3.59. The lowest BCUT2D eigenvalue weighted by molar-refractivity contribution is 0.0949. The second kappa shape index (κ2) is 7.97. The topological polar surface area (TPSA) is 67.2 Å². The first kappa shape index (κ1) is 15.8. The van der Waals surface area contributed by atoms with Crippen molar-refractivity contribution in [3.05, 3.63) is 84.1 Å². The second-order valence-electron chi connectivity index (χ2n) is 5.36. The van der Waals surface area contributed by atoms with Gasteiger partial charge in [0, 0.05) is 6.54 Å². The van der Waals surface area contributed by atoms with Crippen LogP contribution in [0.25, 0.3) is 0 Å². The lowest BCUT2D eigenvalue weighted by Gasteiger charge is -2.07. The number of anilines is 1. The Kier molecular flexibility index (Phi) is 5.24. The average molecular weight is 321 g/mol. The van der Waals surface area contributed by atoms with Crippen LogP contribution in [0.3, 0.4) is 0 Å². The third kappa shape index (κ3) is 4.46. The predicted octanol–water partition coefficient (Wildman–Crippen LogP) is 3.26. The Balaban J connectivity index is 1.46. The quantitative estimate of drug-likeness (QED) is 0.701. The van der Waals surface area contributed by atoms with E-state index in [1.807, 2.05) is 48.5 Å². The second-order valence-corrected chi connectivity index (χ2v) is 5.36. The molecule has 0 aliphatic carbocycles. The number of nitrogens with one attached hydrogen (secondary N) is 2. The molecule has 2 N–H and O–H groups in total. The van der Waals surface area contributed by atoms with E-state index in [1.165, 1.54) is 5.56 Å². The zero-order valence-electron chi connectivity index (χ0n) is 13.2. The van der Waals surface area contributed by atoms with Crippen molar-refractivity contribution in [3.63, 3.8) is 0 Å². The average Bonchev–Trinajstić information content (AvgIpc) is 3.15. The lowest BCUT2D eigenvalue weighted by Crippen LogP contribution is -2.26. The highest BCUT2D eigenvalue weighted by Gasteiger charge is 2.06. The highest BCUT2D eigenvalue weighted by molar-refractivity contribution is 5.92. The van der Waals surface area contributed by atoms with E-state index in [0.29, 0.717) is 18.8 Å². The van der Waals surface area contributed by atoms with Crippen LogP contribution in [0, 0.1) is 0 Å². The Morgan fingerprint density at radius 3 is 2.62 bits per heavy atom. The number of benzene rings is 1. The molecule has 3 aromatic rings. The third-order valence-corrected chi connectivity index (χ3v) is 3.59. The molecule has 0 aliphatic rings. The molecule has 5 heteroatoms. The van der Waals surface area contributed by atoms with E-state index in [-0.39, 0.29) is 5.91 Å². The maximum atomic E-state index is 12.1. The fourth-order valence-corrected chi connectivity index (χ4v) is 2.29. The van der Waals surface area contributed by atoms with Gasteiger partial charge in [0.1, 0.15) is 11.5 Å². The normalized spacial score (nSPS) is 10.3. The van der Waals surface area contributed by atoms with Crippen molar-refractivity contribution in [1.29, 1.82) is 0 Å². The van der Waals surface area contributed by atoms with Crippen LogP contribution in [0.15, 0.2) is 71.5 Å². The minimum absolute atomic E-state index is 0.163. The summed E-state index contributed by atoms with van der Waals surface area (Å²) in [4.78, 5) is 16.3. The van der Waals surface area contributed by atoms with Gasteiger partial charge in [-0.05, 0) is 36.2 Å². The van der Waals surface area contributed by atoms with Crippen molar-refractivity contribution < 1.29 is 9.21 Å². The molecule has 0 saturated carbocycles. The van der Waals surface area contributed by atoms with Crippen molar-refractivity contribution in [2.24, 2.45) is 0 Å². The van der Waals surface area contributed by atoms with E-state index in [9.17, 15) is 4.79 Å². The highest BCUT2D eigenvalue weighted by Crippen LogP contribution is 2.09. The summed E-state index contributed by atoms with van der Waals surface area (Å²) >= 11 is 0. The molecule has 0 unspecified atom stereocenters. The fraction of sp³-hybridized carbons (Fsp3) is 0.158. The summed E-state index contributed by atoms with van der Waals surface area (Å²) in [5.41, 5.74) is 2.45. The first-order chi connectivity index (χ1) is 11.8. The summed E-state index contributed by atoms with van der Waals surface area (Å²) in [7, 11) is 0. The largest absolute Gasteiger partial charge is 0.467 e. The molecule has 122 valence electrons. The van der Waals surface area contributed by atoms with Crippen molar-refractivity contribution >= 4 is 11.6 Å². The first-order valence-corrected chi connectivity index (χ1v) is 7.86. The van der Waals surface area contributed by atoms with Crippen LogP contribution >= 0.6 is 0 Å². The molecule has 1 amide bonds. The number of carbonyl (C=O) groups excluding carboxylic acids is 1. The molecule has 0 radical (unpaired) electrons. The van der Waals surface area contributed by atoms with E-state index < -0.39 is 0 Å². The van der Waals surface area contributed by atoms with Gasteiger partial charge in [-0.2, -0.15) is 0 Å². The zero-order chi connectivity index (χ0) is 16.6. The number of pyridine rings is 1. The molecule has 5 nitrogen and oxygen atoms in total. The van der Waals surface area contributed by atoms with Crippen LogP contribution in [0.5, 0.6) is 0 Å². The van der Waals surface area contributed by atoms with Crippen LogP contribution in [0.1, 0.15) is 21.8 Å². The van der Waals surface area contributed by atoms with Crippen molar-refractivity contribution in [3.8, 4) is 0 Å². The number of aromatic nitrogens is 1. The maximum Gasteiger partial charge on any atom is 0.269 e. The predicted molar refractivity (Wildman–Crippen MR) is 92.8 cm³/mol. The Morgan fingerprint density at radius 1 is 1.04 bits per heavy atom. The molecule has 0 aliphatic heterocycles. The fourth-order valence-electron chi connectivity index (χ4n) is 2.29. The minimum atomic E-state index is -0.163. The van der Waals surface area contributed by atoms with Crippen LogP contribution < -0.4 is 10.6 Å². The molecular formula is C19H19N3O2. The molecule has 1 aromatic carbocycles. The Hall–Kier alpha value is -3.08. The standard InChI is InChI=1S/C19H19N3O2/c23-19(20-11-10-15-5-2-1-3-6-15)18-9-8-16(13-22-18)21-14-17-7-4-12-24-17/h1-9,12-13,21H,10-11,14H2,(H,20,23). The van der Waals surface area contributed by atoms with E-state index in [1.54, 1.807) is 18.5 Å². The number of carbonyl (C=O) groups is 1. The van der Waals surface area contributed by atoms with Gasteiger partial charge in [-0.15, -0.1) is 0 Å². The van der Waals surface area contributed by atoms with E-state index in [2.05, 4.69) is 15.6 Å². The molecule has 2 heterocycles. The van der Waals surface area contributed by atoms with Gasteiger partial charge >= 0.3 is 0 Å². The molecular weight excluding hydrogens is 302 g/mol. The van der Waals surface area contributed by atoms with Crippen LogP contribution in [-0.2, 0) is 13.0 Å². The monoisotopic (exact) mass is 321 g/mol. The van der Waals surface area contributed by atoms with E-state index >= 15 is 0 Å². The van der Waals surface area contributed by atoms with Gasteiger partial charge in [0.15, 0.2) is 0 Å². The summed E-state index contributed by atoms with van der Waals surface area (Å²) in [5, 5.41) is 6.07. The lowest BCUT2D eigenvalue weighted by atomic mass is 10.1.